The van der Waals surface area contributed by atoms with E-state index in [2.05, 4.69) is 12.2 Å². The first kappa shape index (κ1) is 20.0. The highest BCUT2D eigenvalue weighted by atomic mass is 19.1. The van der Waals surface area contributed by atoms with Crippen LogP contribution in [0.5, 0.6) is 0 Å². The number of nitriles is 1. The fraction of sp³-hybridized carbons (Fsp3) is 0.120. The van der Waals surface area contributed by atoms with Crippen molar-refractivity contribution in [2.24, 2.45) is 0 Å². The quantitative estimate of drug-likeness (QED) is 0.449. The van der Waals surface area contributed by atoms with Crippen LogP contribution in [0.25, 0.3) is 6.08 Å². The Morgan fingerprint density at radius 1 is 1.00 bits per heavy atom. The maximum absolute atomic E-state index is 14.0. The number of amides is 1. The van der Waals surface area contributed by atoms with Gasteiger partial charge in [0.15, 0.2) is 0 Å². The maximum Gasteiger partial charge on any atom is 0.266 e. The summed E-state index contributed by atoms with van der Waals surface area (Å²) in [6.07, 6.45) is 2.83. The summed E-state index contributed by atoms with van der Waals surface area (Å²) < 4.78 is 14.0. The Kier molecular flexibility index (Phi) is 6.55. The largest absolute Gasteiger partial charge is 0.321 e. The fourth-order valence-electron chi connectivity index (χ4n) is 3.01. The van der Waals surface area contributed by atoms with Gasteiger partial charge in [-0.1, -0.05) is 61.5 Å². The van der Waals surface area contributed by atoms with Gasteiger partial charge < -0.3 is 5.32 Å². The van der Waals surface area contributed by atoms with Crippen LogP contribution in [0, 0.1) is 17.1 Å². The summed E-state index contributed by atoms with van der Waals surface area (Å²) in [5.41, 5.74) is 3.90. The lowest BCUT2D eigenvalue weighted by atomic mass is 9.98. The maximum atomic E-state index is 14.0. The van der Waals surface area contributed by atoms with Crippen molar-refractivity contribution >= 4 is 17.7 Å². The zero-order valence-electron chi connectivity index (χ0n) is 16.2. The van der Waals surface area contributed by atoms with Crippen molar-refractivity contribution in [1.82, 2.24) is 0 Å². The second-order valence-electron chi connectivity index (χ2n) is 6.64. The number of aryl methyl sites for hydroxylation is 1. The molecule has 0 radical (unpaired) electrons. The Morgan fingerprint density at radius 3 is 2.31 bits per heavy atom. The van der Waals surface area contributed by atoms with Crippen LogP contribution >= 0.6 is 0 Å². The minimum atomic E-state index is -0.475. The third kappa shape index (κ3) is 5.18. The van der Waals surface area contributed by atoms with Gasteiger partial charge in [-0.2, -0.15) is 5.26 Å². The molecule has 0 saturated carbocycles. The Hall–Kier alpha value is -3.71. The number of rotatable bonds is 6. The molecule has 3 aromatic rings. The second-order valence-corrected chi connectivity index (χ2v) is 6.64. The fourth-order valence-corrected chi connectivity index (χ4v) is 3.01. The predicted octanol–water partition coefficient (Wildman–Crippen LogP) is 5.52. The van der Waals surface area contributed by atoms with Gasteiger partial charge in [-0.3, -0.25) is 4.79 Å². The topological polar surface area (TPSA) is 52.9 Å². The minimum absolute atomic E-state index is 0.00875. The van der Waals surface area contributed by atoms with E-state index in [9.17, 15) is 14.4 Å². The van der Waals surface area contributed by atoms with Crippen LogP contribution in [0.2, 0.25) is 0 Å². The highest BCUT2D eigenvalue weighted by molar-refractivity contribution is 6.09. The Morgan fingerprint density at radius 2 is 1.66 bits per heavy atom. The monoisotopic (exact) mass is 384 g/mol. The van der Waals surface area contributed by atoms with Gasteiger partial charge in [0.25, 0.3) is 5.91 Å². The first-order chi connectivity index (χ1) is 14.1. The summed E-state index contributed by atoms with van der Waals surface area (Å²) in [5.74, 6) is -0.752. The summed E-state index contributed by atoms with van der Waals surface area (Å²) >= 11 is 0. The highest BCUT2D eigenvalue weighted by Crippen LogP contribution is 2.20. The van der Waals surface area contributed by atoms with Crippen LogP contribution in [0.15, 0.2) is 78.4 Å². The van der Waals surface area contributed by atoms with Gasteiger partial charge in [-0.15, -0.1) is 0 Å². The summed E-state index contributed by atoms with van der Waals surface area (Å²) in [4.78, 5) is 12.6. The molecule has 144 valence electrons. The van der Waals surface area contributed by atoms with Gasteiger partial charge in [-0.05, 0) is 52.9 Å². The van der Waals surface area contributed by atoms with Gasteiger partial charge in [0, 0.05) is 12.1 Å². The van der Waals surface area contributed by atoms with Crippen LogP contribution < -0.4 is 5.32 Å². The molecule has 0 aliphatic carbocycles. The number of benzene rings is 3. The smallest absolute Gasteiger partial charge is 0.266 e. The number of nitrogens with one attached hydrogen (secondary N) is 1. The number of halogens is 1. The zero-order chi connectivity index (χ0) is 20.6. The molecular weight excluding hydrogens is 363 g/mol. The lowest BCUT2D eigenvalue weighted by molar-refractivity contribution is -0.112. The van der Waals surface area contributed by atoms with E-state index in [1.54, 1.807) is 24.3 Å². The SMILES string of the molecule is CCc1ccc(NC(=O)/C(C#N)=C/c2ccccc2Cc2ccccc2F)cc1. The Bertz CT molecular complexity index is 1080. The molecule has 0 unspecified atom stereocenters. The molecular formula is C25H21FN2O. The van der Waals surface area contributed by atoms with E-state index in [4.69, 9.17) is 0 Å². The van der Waals surface area contributed by atoms with Crippen molar-refractivity contribution in [2.45, 2.75) is 19.8 Å². The normalized spacial score (nSPS) is 11.0. The molecule has 3 rings (SSSR count). The Balaban J connectivity index is 1.84. The molecule has 0 bridgehead atoms. The third-order valence-electron chi connectivity index (χ3n) is 4.68. The average molecular weight is 384 g/mol. The molecule has 0 aliphatic rings. The summed E-state index contributed by atoms with van der Waals surface area (Å²) in [7, 11) is 0. The first-order valence-electron chi connectivity index (χ1n) is 9.44. The second kappa shape index (κ2) is 9.48. The molecule has 29 heavy (non-hydrogen) atoms. The van der Waals surface area contributed by atoms with Gasteiger partial charge in [0.2, 0.25) is 0 Å². The lowest BCUT2D eigenvalue weighted by Gasteiger charge is -2.09. The van der Waals surface area contributed by atoms with Crippen molar-refractivity contribution in [1.29, 1.82) is 5.26 Å². The number of nitrogens with zero attached hydrogens (tertiary/aromatic N) is 1. The zero-order valence-corrected chi connectivity index (χ0v) is 16.2. The molecule has 1 amide bonds. The minimum Gasteiger partial charge on any atom is -0.321 e. The van der Waals surface area contributed by atoms with E-state index in [1.165, 1.54) is 11.6 Å². The molecule has 0 aromatic heterocycles. The first-order valence-corrected chi connectivity index (χ1v) is 9.44. The van der Waals surface area contributed by atoms with Crippen molar-refractivity contribution < 1.29 is 9.18 Å². The summed E-state index contributed by atoms with van der Waals surface area (Å²) in [6, 6.07) is 23.4. The lowest BCUT2D eigenvalue weighted by Crippen LogP contribution is -2.13. The van der Waals surface area contributed by atoms with Crippen molar-refractivity contribution in [2.75, 3.05) is 5.32 Å². The molecule has 0 atom stereocenters. The third-order valence-corrected chi connectivity index (χ3v) is 4.68. The van der Waals surface area contributed by atoms with Crippen molar-refractivity contribution in [3.63, 3.8) is 0 Å². The van der Waals surface area contributed by atoms with Crippen LogP contribution in [0.1, 0.15) is 29.2 Å². The Labute approximate surface area is 170 Å². The predicted molar refractivity (Wildman–Crippen MR) is 114 cm³/mol. The van der Waals surface area contributed by atoms with Gasteiger partial charge in [0.05, 0.1) is 0 Å². The van der Waals surface area contributed by atoms with Crippen LogP contribution in [0.3, 0.4) is 0 Å². The van der Waals surface area contributed by atoms with Crippen LogP contribution in [0.4, 0.5) is 10.1 Å². The van der Waals surface area contributed by atoms with Crippen molar-refractivity contribution in [3.05, 3.63) is 106 Å². The number of hydrogen-bond donors (Lipinski definition) is 1. The molecule has 1 N–H and O–H groups in total. The molecule has 3 nitrogen and oxygen atoms in total. The highest BCUT2D eigenvalue weighted by Gasteiger charge is 2.12. The van der Waals surface area contributed by atoms with E-state index in [0.717, 1.165) is 12.0 Å². The molecule has 0 aliphatic heterocycles. The van der Waals surface area contributed by atoms with Gasteiger partial charge in [-0.25, -0.2) is 4.39 Å². The average Bonchev–Trinajstić information content (AvgIpc) is 2.75. The van der Waals surface area contributed by atoms with Gasteiger partial charge in [0.1, 0.15) is 17.5 Å². The van der Waals surface area contributed by atoms with Crippen LogP contribution in [-0.2, 0) is 17.6 Å². The molecule has 0 fully saturated rings. The molecule has 3 aromatic carbocycles. The van der Waals surface area contributed by atoms with E-state index in [1.807, 2.05) is 54.6 Å². The van der Waals surface area contributed by atoms with Crippen molar-refractivity contribution in [3.8, 4) is 6.07 Å². The van der Waals surface area contributed by atoms with E-state index >= 15 is 0 Å². The number of hydrogen-bond acceptors (Lipinski definition) is 2. The molecule has 0 heterocycles. The number of carbonyl (C=O) groups is 1. The molecule has 0 saturated heterocycles. The van der Waals surface area contributed by atoms with E-state index in [0.29, 0.717) is 23.2 Å². The molecule has 0 spiro atoms. The van der Waals surface area contributed by atoms with Crippen LogP contribution in [-0.4, -0.2) is 5.91 Å². The summed E-state index contributed by atoms with van der Waals surface area (Å²) in [6.45, 7) is 2.06. The number of carbonyl (C=O) groups excluding carboxylic acids is 1. The number of anilines is 1. The van der Waals surface area contributed by atoms with E-state index in [-0.39, 0.29) is 11.4 Å². The standard InChI is InChI=1S/C25H21FN2O/c1-2-18-11-13-23(14-12-18)28-25(29)22(17-27)16-20-8-4-3-7-19(20)15-21-9-5-6-10-24(21)26/h3-14,16H,2,15H2,1H3,(H,28,29)/b22-16+. The molecule has 4 heteroatoms. The van der Waals surface area contributed by atoms with E-state index < -0.39 is 5.91 Å². The summed E-state index contributed by atoms with van der Waals surface area (Å²) in [5, 5.41) is 12.3. The van der Waals surface area contributed by atoms with Gasteiger partial charge >= 0.3 is 0 Å².